The third-order valence-corrected chi connectivity index (χ3v) is 3.30. The lowest BCUT2D eigenvalue weighted by molar-refractivity contribution is 0.102. The van der Waals surface area contributed by atoms with Gasteiger partial charge in [-0.25, -0.2) is 0 Å². The molecule has 0 saturated heterocycles. The molecule has 4 nitrogen and oxygen atoms in total. The zero-order valence-electron chi connectivity index (χ0n) is 11.3. The number of nitrogens with one attached hydrogen (secondary N) is 1. The van der Waals surface area contributed by atoms with Crippen molar-refractivity contribution in [1.82, 2.24) is 5.16 Å². The average molecular weight is 266 g/mol. The van der Waals surface area contributed by atoms with Crippen molar-refractivity contribution < 1.29 is 9.32 Å². The molecule has 0 aliphatic carbocycles. The number of carbonyl (C=O) groups is 1. The van der Waals surface area contributed by atoms with Crippen molar-refractivity contribution in [1.29, 1.82) is 0 Å². The molecule has 0 spiro atoms. The van der Waals surface area contributed by atoms with Gasteiger partial charge in [-0.1, -0.05) is 41.6 Å². The van der Waals surface area contributed by atoms with Gasteiger partial charge in [0.25, 0.3) is 5.91 Å². The van der Waals surface area contributed by atoms with E-state index >= 15 is 0 Å². The standard InChI is InChI=1S/C16H14N2O2/c1-10-15(11(2)20-18-10)16(19)17-14-9-5-7-12-6-3-4-8-13(12)14/h3-9H,1-2H3,(H,17,19). The molecule has 0 bridgehead atoms. The van der Waals surface area contributed by atoms with Gasteiger partial charge >= 0.3 is 0 Å². The minimum Gasteiger partial charge on any atom is -0.361 e. The second kappa shape index (κ2) is 4.81. The van der Waals surface area contributed by atoms with Crippen molar-refractivity contribution in [2.45, 2.75) is 13.8 Å². The third kappa shape index (κ3) is 2.05. The normalized spacial score (nSPS) is 10.7. The maximum Gasteiger partial charge on any atom is 0.261 e. The number of rotatable bonds is 2. The van der Waals surface area contributed by atoms with E-state index in [0.29, 0.717) is 17.0 Å². The van der Waals surface area contributed by atoms with Crippen LogP contribution in [0.2, 0.25) is 0 Å². The van der Waals surface area contributed by atoms with Crippen LogP contribution >= 0.6 is 0 Å². The van der Waals surface area contributed by atoms with Crippen LogP contribution in [0.5, 0.6) is 0 Å². The average Bonchev–Trinajstić information content (AvgIpc) is 2.78. The van der Waals surface area contributed by atoms with E-state index < -0.39 is 0 Å². The van der Waals surface area contributed by atoms with Crippen LogP contribution in [0.1, 0.15) is 21.8 Å². The molecular weight excluding hydrogens is 252 g/mol. The predicted molar refractivity (Wildman–Crippen MR) is 77.9 cm³/mol. The summed E-state index contributed by atoms with van der Waals surface area (Å²) >= 11 is 0. The van der Waals surface area contributed by atoms with Crippen molar-refractivity contribution in [2.75, 3.05) is 5.32 Å². The maximum atomic E-state index is 12.3. The Bertz CT molecular complexity index is 765. The zero-order chi connectivity index (χ0) is 14.1. The molecule has 2 aromatic carbocycles. The van der Waals surface area contributed by atoms with Gasteiger partial charge in [-0.2, -0.15) is 0 Å². The fraction of sp³-hybridized carbons (Fsp3) is 0.125. The van der Waals surface area contributed by atoms with E-state index in [1.54, 1.807) is 13.8 Å². The Kier molecular flexibility index (Phi) is 2.99. The van der Waals surface area contributed by atoms with Crippen LogP contribution in [0.3, 0.4) is 0 Å². The first-order chi connectivity index (χ1) is 9.66. The molecule has 0 saturated carbocycles. The number of carbonyl (C=O) groups excluding carboxylic acids is 1. The number of nitrogens with zero attached hydrogens (tertiary/aromatic N) is 1. The van der Waals surface area contributed by atoms with Gasteiger partial charge in [0.15, 0.2) is 0 Å². The first kappa shape index (κ1) is 12.4. The number of aromatic nitrogens is 1. The highest BCUT2D eigenvalue weighted by molar-refractivity contribution is 6.10. The van der Waals surface area contributed by atoms with E-state index in [4.69, 9.17) is 4.52 Å². The molecule has 20 heavy (non-hydrogen) atoms. The van der Waals surface area contributed by atoms with E-state index in [2.05, 4.69) is 10.5 Å². The molecule has 3 aromatic rings. The van der Waals surface area contributed by atoms with Gasteiger partial charge in [0, 0.05) is 11.1 Å². The van der Waals surface area contributed by atoms with E-state index in [9.17, 15) is 4.79 Å². The smallest absolute Gasteiger partial charge is 0.261 e. The summed E-state index contributed by atoms with van der Waals surface area (Å²) in [6.07, 6.45) is 0. The van der Waals surface area contributed by atoms with E-state index in [0.717, 1.165) is 16.5 Å². The quantitative estimate of drug-likeness (QED) is 0.769. The lowest BCUT2D eigenvalue weighted by Crippen LogP contribution is -2.13. The first-order valence-corrected chi connectivity index (χ1v) is 6.39. The Hall–Kier alpha value is -2.62. The minimum absolute atomic E-state index is 0.197. The molecule has 0 aliphatic rings. The summed E-state index contributed by atoms with van der Waals surface area (Å²) in [5.41, 5.74) is 1.88. The Morgan fingerprint density at radius 3 is 2.60 bits per heavy atom. The van der Waals surface area contributed by atoms with Crippen molar-refractivity contribution in [3.63, 3.8) is 0 Å². The van der Waals surface area contributed by atoms with Crippen molar-refractivity contribution in [3.05, 3.63) is 59.5 Å². The highest BCUT2D eigenvalue weighted by Crippen LogP contribution is 2.24. The fourth-order valence-corrected chi connectivity index (χ4v) is 2.33. The third-order valence-electron chi connectivity index (χ3n) is 3.30. The molecule has 1 amide bonds. The topological polar surface area (TPSA) is 55.1 Å². The Morgan fingerprint density at radius 1 is 1.10 bits per heavy atom. The Morgan fingerprint density at radius 2 is 1.85 bits per heavy atom. The second-order valence-corrected chi connectivity index (χ2v) is 4.68. The largest absolute Gasteiger partial charge is 0.361 e. The highest BCUT2D eigenvalue weighted by atomic mass is 16.5. The van der Waals surface area contributed by atoms with E-state index in [1.165, 1.54) is 0 Å². The molecule has 0 aliphatic heterocycles. The van der Waals surface area contributed by atoms with E-state index in [1.807, 2.05) is 42.5 Å². The molecule has 0 fully saturated rings. The molecule has 1 N–H and O–H groups in total. The SMILES string of the molecule is Cc1noc(C)c1C(=O)Nc1cccc2ccccc12. The first-order valence-electron chi connectivity index (χ1n) is 6.39. The number of hydrogen-bond donors (Lipinski definition) is 1. The predicted octanol–water partition coefficient (Wildman–Crippen LogP) is 3.70. The monoisotopic (exact) mass is 266 g/mol. The lowest BCUT2D eigenvalue weighted by atomic mass is 10.1. The number of aryl methyl sites for hydroxylation is 2. The number of hydrogen-bond acceptors (Lipinski definition) is 3. The molecule has 1 aromatic heterocycles. The fourth-order valence-electron chi connectivity index (χ4n) is 2.33. The lowest BCUT2D eigenvalue weighted by Gasteiger charge is -2.08. The minimum atomic E-state index is -0.197. The van der Waals surface area contributed by atoms with Crippen LogP contribution in [0.25, 0.3) is 10.8 Å². The number of benzene rings is 2. The van der Waals surface area contributed by atoms with Gasteiger partial charge < -0.3 is 9.84 Å². The van der Waals surface area contributed by atoms with Crippen LogP contribution < -0.4 is 5.32 Å². The summed E-state index contributed by atoms with van der Waals surface area (Å²) in [5.74, 6) is 0.331. The van der Waals surface area contributed by atoms with Gasteiger partial charge in [-0.3, -0.25) is 4.79 Å². The summed E-state index contributed by atoms with van der Waals surface area (Å²) in [7, 11) is 0. The van der Waals surface area contributed by atoms with Crippen LogP contribution in [0.15, 0.2) is 47.0 Å². The van der Waals surface area contributed by atoms with Gasteiger partial charge in [-0.05, 0) is 25.3 Å². The zero-order valence-corrected chi connectivity index (χ0v) is 11.3. The number of anilines is 1. The molecule has 0 unspecified atom stereocenters. The summed E-state index contributed by atoms with van der Waals surface area (Å²) in [6, 6.07) is 13.7. The second-order valence-electron chi connectivity index (χ2n) is 4.68. The van der Waals surface area contributed by atoms with Gasteiger partial charge in [0.1, 0.15) is 11.3 Å². The summed E-state index contributed by atoms with van der Waals surface area (Å²) in [4.78, 5) is 12.3. The van der Waals surface area contributed by atoms with E-state index in [-0.39, 0.29) is 5.91 Å². The maximum absolute atomic E-state index is 12.3. The molecule has 1 heterocycles. The summed E-state index contributed by atoms with van der Waals surface area (Å²) in [5, 5.41) is 8.83. The van der Waals surface area contributed by atoms with Crippen LogP contribution in [0, 0.1) is 13.8 Å². The number of amides is 1. The van der Waals surface area contributed by atoms with Gasteiger partial charge in [-0.15, -0.1) is 0 Å². The van der Waals surface area contributed by atoms with Crippen molar-refractivity contribution >= 4 is 22.4 Å². The Labute approximate surface area is 116 Å². The number of fused-ring (bicyclic) bond motifs is 1. The van der Waals surface area contributed by atoms with Crippen LogP contribution in [-0.4, -0.2) is 11.1 Å². The van der Waals surface area contributed by atoms with Crippen LogP contribution in [-0.2, 0) is 0 Å². The molecule has 0 radical (unpaired) electrons. The van der Waals surface area contributed by atoms with Crippen LogP contribution in [0.4, 0.5) is 5.69 Å². The molecule has 3 rings (SSSR count). The molecular formula is C16H14N2O2. The Balaban J connectivity index is 2.00. The molecule has 4 heteroatoms. The van der Waals surface area contributed by atoms with Crippen molar-refractivity contribution in [3.8, 4) is 0 Å². The molecule has 0 atom stereocenters. The van der Waals surface area contributed by atoms with Gasteiger partial charge in [0.2, 0.25) is 0 Å². The summed E-state index contributed by atoms with van der Waals surface area (Å²) < 4.78 is 5.03. The van der Waals surface area contributed by atoms with Gasteiger partial charge in [0.05, 0.1) is 5.69 Å². The van der Waals surface area contributed by atoms with Crippen molar-refractivity contribution in [2.24, 2.45) is 0 Å². The highest BCUT2D eigenvalue weighted by Gasteiger charge is 2.18. The molecule has 100 valence electrons. The summed E-state index contributed by atoms with van der Waals surface area (Å²) in [6.45, 7) is 3.49.